The van der Waals surface area contributed by atoms with Crippen LogP contribution >= 0.6 is 12.3 Å². The van der Waals surface area contributed by atoms with Crippen molar-refractivity contribution in [1.29, 1.82) is 0 Å². The molecule has 0 aliphatic rings. The monoisotopic (exact) mass is 440 g/mol. The normalized spacial score (nSPS) is 11.1. The minimum atomic E-state index is -0.259. The van der Waals surface area contributed by atoms with Gasteiger partial charge in [0, 0.05) is 20.2 Å². The molecule has 0 spiro atoms. The molecule has 0 atom stereocenters. The maximum absolute atomic E-state index is 11.3. The van der Waals surface area contributed by atoms with Crippen LogP contribution in [0, 0.1) is 6.92 Å². The summed E-state index contributed by atoms with van der Waals surface area (Å²) in [7, 11) is 1.87. The van der Waals surface area contributed by atoms with Gasteiger partial charge in [0.15, 0.2) is 28.7 Å². The van der Waals surface area contributed by atoms with Gasteiger partial charge in [0.25, 0.3) is 0 Å². The molecule has 1 amide bonds. The minimum absolute atomic E-state index is 0.186. The summed E-state index contributed by atoms with van der Waals surface area (Å²) in [5, 5.41) is 6.78. The van der Waals surface area contributed by atoms with Crippen molar-refractivity contribution in [3.05, 3.63) is 36.3 Å². The largest absolute Gasteiger partial charge is 0.398 e. The van der Waals surface area contributed by atoms with Crippen molar-refractivity contribution in [3.8, 4) is 23.1 Å². The van der Waals surface area contributed by atoms with E-state index in [4.69, 9.17) is 18.3 Å². The Labute approximate surface area is 182 Å². The fraction of sp³-hybridized carbons (Fsp3) is 0.263. The molecule has 12 heteroatoms. The molecule has 0 unspecified atom stereocenters. The van der Waals surface area contributed by atoms with E-state index in [9.17, 15) is 4.79 Å². The Morgan fingerprint density at radius 2 is 2.10 bits per heavy atom. The molecule has 0 saturated carbocycles. The lowest BCUT2D eigenvalue weighted by Gasteiger charge is -2.10. The molecule has 0 aromatic carbocycles. The molecule has 31 heavy (non-hydrogen) atoms. The van der Waals surface area contributed by atoms with Gasteiger partial charge in [-0.05, 0) is 37.6 Å². The summed E-state index contributed by atoms with van der Waals surface area (Å²) < 4.78 is 14.3. The molecule has 0 aliphatic heterocycles. The molecule has 0 fully saturated rings. The number of aromatic nitrogens is 7. The Morgan fingerprint density at radius 1 is 1.26 bits per heavy atom. The van der Waals surface area contributed by atoms with Crippen molar-refractivity contribution >= 4 is 35.3 Å². The van der Waals surface area contributed by atoms with Gasteiger partial charge >= 0.3 is 0 Å². The Hall–Kier alpha value is -3.51. The molecule has 0 bridgehead atoms. The smallest absolute Gasteiger partial charge is 0.249 e. The molecule has 0 aliphatic carbocycles. The number of anilines is 1. The highest BCUT2D eigenvalue weighted by atomic mass is 32.2. The van der Waals surface area contributed by atoms with E-state index < -0.39 is 0 Å². The molecule has 0 saturated heterocycles. The average molecular weight is 440 g/mol. The number of nitrogens with one attached hydrogen (secondary N) is 1. The van der Waals surface area contributed by atoms with Gasteiger partial charge < -0.3 is 8.75 Å². The molecule has 4 rings (SSSR count). The number of carbonyl (C=O) groups is 1. The highest BCUT2D eigenvalue weighted by molar-refractivity contribution is 7.90. The van der Waals surface area contributed by atoms with Crippen LogP contribution in [0.4, 0.5) is 5.95 Å². The summed E-state index contributed by atoms with van der Waals surface area (Å²) in [6.45, 7) is 5.71. The molecule has 1 N–H and O–H groups in total. The van der Waals surface area contributed by atoms with Gasteiger partial charge in [-0.15, -0.1) is 5.10 Å². The van der Waals surface area contributed by atoms with E-state index in [1.54, 1.807) is 18.3 Å². The second-order valence-electron chi connectivity index (χ2n) is 6.62. The topological polar surface area (TPSA) is 122 Å². The fourth-order valence-corrected chi connectivity index (χ4v) is 3.23. The van der Waals surface area contributed by atoms with Gasteiger partial charge in [0.2, 0.25) is 24.2 Å². The number of aryl methyl sites for hydroxylation is 2. The first-order valence-electron chi connectivity index (χ1n) is 9.42. The first-order valence-corrected chi connectivity index (χ1v) is 10.1. The first kappa shape index (κ1) is 20.8. The fourth-order valence-electron chi connectivity index (χ4n) is 2.88. The summed E-state index contributed by atoms with van der Waals surface area (Å²) in [6, 6.07) is 5.44. The predicted octanol–water partition coefficient (Wildman–Crippen LogP) is 2.86. The number of pyridine rings is 2. The van der Waals surface area contributed by atoms with Gasteiger partial charge in [-0.25, -0.2) is 19.6 Å². The van der Waals surface area contributed by atoms with E-state index in [1.165, 1.54) is 17.9 Å². The highest BCUT2D eigenvalue weighted by Gasteiger charge is 2.19. The molecule has 160 valence electrons. The number of hydrogen-bond acceptors (Lipinski definition) is 9. The Bertz CT molecular complexity index is 1250. The third kappa shape index (κ3) is 4.34. The Morgan fingerprint density at radius 3 is 2.87 bits per heavy atom. The van der Waals surface area contributed by atoms with E-state index in [2.05, 4.69) is 20.4 Å². The number of carbonyl (C=O) groups excluding carboxylic acids is 1. The van der Waals surface area contributed by atoms with Gasteiger partial charge in [-0.2, -0.15) is 4.98 Å². The number of fused-ring (bicyclic) bond motifs is 1. The van der Waals surface area contributed by atoms with Crippen molar-refractivity contribution in [3.63, 3.8) is 0 Å². The standard InChI is InChI=1S/C19H20N8O3S/c1-5-29-31-30-14-6-7-15(27-10-21-19(25-27)22-12(3)28)24-16(14)18-23-13-8-11(2)9-20-17(13)26(18)4/h6-10H,5H2,1-4H3,(H,22,25,28). The van der Waals surface area contributed by atoms with E-state index in [1.807, 2.05) is 31.5 Å². The van der Waals surface area contributed by atoms with Crippen molar-refractivity contribution in [2.45, 2.75) is 20.8 Å². The van der Waals surface area contributed by atoms with Gasteiger partial charge in [-0.3, -0.25) is 14.3 Å². The second-order valence-corrected chi connectivity index (χ2v) is 7.16. The minimum Gasteiger partial charge on any atom is -0.398 e. The molecule has 4 aromatic heterocycles. The zero-order valence-electron chi connectivity index (χ0n) is 17.4. The number of amides is 1. The van der Waals surface area contributed by atoms with Crippen LogP contribution in [0.25, 0.3) is 28.5 Å². The van der Waals surface area contributed by atoms with Gasteiger partial charge in [0.1, 0.15) is 11.8 Å². The number of hydrogen-bond donors (Lipinski definition) is 1. The van der Waals surface area contributed by atoms with Crippen molar-refractivity contribution in [2.75, 3.05) is 11.9 Å². The molecular formula is C19H20N8O3S. The van der Waals surface area contributed by atoms with E-state index in [0.29, 0.717) is 29.7 Å². The summed E-state index contributed by atoms with van der Waals surface area (Å²) in [5.41, 5.74) is 2.97. The Balaban J connectivity index is 1.80. The van der Waals surface area contributed by atoms with E-state index in [-0.39, 0.29) is 11.9 Å². The lowest BCUT2D eigenvalue weighted by molar-refractivity contribution is -0.114. The zero-order valence-corrected chi connectivity index (χ0v) is 18.2. The maximum Gasteiger partial charge on any atom is 0.249 e. The number of nitrogens with zero attached hydrogens (tertiary/aromatic N) is 7. The quantitative estimate of drug-likeness (QED) is 0.341. The van der Waals surface area contributed by atoms with Gasteiger partial charge in [-0.1, -0.05) is 0 Å². The highest BCUT2D eigenvalue weighted by Crippen LogP contribution is 2.32. The van der Waals surface area contributed by atoms with E-state index >= 15 is 0 Å². The summed E-state index contributed by atoms with van der Waals surface area (Å²) in [6.07, 6.45) is 3.26. The van der Waals surface area contributed by atoms with Crippen LogP contribution < -0.4 is 9.50 Å². The van der Waals surface area contributed by atoms with Crippen LogP contribution in [-0.2, 0) is 16.0 Å². The molecular weight excluding hydrogens is 420 g/mol. The van der Waals surface area contributed by atoms with Crippen LogP contribution in [-0.4, -0.2) is 46.8 Å². The molecule has 4 heterocycles. The van der Waals surface area contributed by atoms with Crippen molar-refractivity contribution in [2.24, 2.45) is 7.05 Å². The lowest BCUT2D eigenvalue weighted by Crippen LogP contribution is -2.08. The Kier molecular flexibility index (Phi) is 5.82. The third-order valence-corrected chi connectivity index (χ3v) is 4.78. The van der Waals surface area contributed by atoms with Crippen LogP contribution in [0.1, 0.15) is 19.4 Å². The maximum atomic E-state index is 11.3. The summed E-state index contributed by atoms with van der Waals surface area (Å²) in [4.78, 5) is 29.2. The van der Waals surface area contributed by atoms with E-state index in [0.717, 1.165) is 29.1 Å². The number of rotatable bonds is 7. The molecule has 4 aromatic rings. The van der Waals surface area contributed by atoms with Gasteiger partial charge in [0.05, 0.1) is 6.61 Å². The zero-order chi connectivity index (χ0) is 22.0. The van der Waals surface area contributed by atoms with Crippen LogP contribution in [0.5, 0.6) is 5.75 Å². The summed E-state index contributed by atoms with van der Waals surface area (Å²) >= 11 is 0.868. The molecule has 11 nitrogen and oxygen atoms in total. The lowest BCUT2D eigenvalue weighted by atomic mass is 10.3. The second kappa shape index (κ2) is 8.70. The number of imidazole rings is 1. The first-order chi connectivity index (χ1) is 15.0. The van der Waals surface area contributed by atoms with Crippen LogP contribution in [0.3, 0.4) is 0 Å². The average Bonchev–Trinajstić information content (AvgIpc) is 3.32. The predicted molar refractivity (Wildman–Crippen MR) is 116 cm³/mol. The molecule has 0 radical (unpaired) electrons. The summed E-state index contributed by atoms with van der Waals surface area (Å²) in [5.74, 6) is 1.45. The van der Waals surface area contributed by atoms with Crippen LogP contribution in [0.15, 0.2) is 30.7 Å². The SMILES string of the molecule is CCOSOc1ccc(-n2cnc(NC(C)=O)n2)nc1-c1nc2cc(C)cnc2n1C. The third-order valence-electron chi connectivity index (χ3n) is 4.21. The van der Waals surface area contributed by atoms with Crippen molar-refractivity contribution in [1.82, 2.24) is 34.3 Å². The van der Waals surface area contributed by atoms with Crippen LogP contribution in [0.2, 0.25) is 0 Å². The van der Waals surface area contributed by atoms with Crippen molar-refractivity contribution < 1.29 is 13.2 Å².